The van der Waals surface area contributed by atoms with Crippen LogP contribution in [0.5, 0.6) is 0 Å². The van der Waals surface area contributed by atoms with Crippen LogP contribution in [0.25, 0.3) is 9.88 Å². The number of likely N-dealkylation sites (N-methyl/N-ethyl adjacent to an activating group) is 1. The number of thiophene rings is 1. The molecule has 0 spiro atoms. The molecular weight excluding hydrogens is 478 g/mol. The molecule has 5 nitrogen and oxygen atoms in total. The number of para-hydroxylation sites is 1. The minimum Gasteiger partial charge on any atom is -0.336 e. The maximum atomic E-state index is 12.5. The van der Waals surface area contributed by atoms with Gasteiger partial charge in [-0.15, -0.1) is 34.4 Å². The smallest absolute Gasteiger partial charge is 0.244 e. The van der Waals surface area contributed by atoms with Crippen molar-refractivity contribution in [3.63, 3.8) is 0 Å². The minimum absolute atomic E-state index is 0.00356. The van der Waals surface area contributed by atoms with E-state index in [1.807, 2.05) is 47.3 Å². The first-order valence-electron chi connectivity index (χ1n) is 8.32. The molecule has 0 radical (unpaired) electrons. The van der Waals surface area contributed by atoms with Gasteiger partial charge in [-0.25, -0.2) is 4.98 Å². The number of aromatic nitrogens is 1. The maximum Gasteiger partial charge on any atom is 0.244 e. The van der Waals surface area contributed by atoms with E-state index in [1.54, 1.807) is 30.1 Å². The number of nitrogens with zero attached hydrogens (tertiary/aromatic N) is 2. The second-order valence-corrected chi connectivity index (χ2v) is 9.48. The predicted octanol–water partition coefficient (Wildman–Crippen LogP) is 5.00. The van der Waals surface area contributed by atoms with E-state index in [0.29, 0.717) is 0 Å². The SMILES string of the molecule is CSc1ccccc1NC(=O)CN(C)C(=O)Cc1csc(-c2cc(Br)cs2)n1. The van der Waals surface area contributed by atoms with Crippen molar-refractivity contribution in [1.29, 1.82) is 0 Å². The molecule has 3 aromatic rings. The summed E-state index contributed by atoms with van der Waals surface area (Å²) in [6.07, 6.45) is 2.13. The lowest BCUT2D eigenvalue weighted by Gasteiger charge is -2.17. The van der Waals surface area contributed by atoms with Crippen LogP contribution in [-0.4, -0.2) is 41.5 Å². The summed E-state index contributed by atoms with van der Waals surface area (Å²) in [5.41, 5.74) is 1.47. The van der Waals surface area contributed by atoms with Crippen molar-refractivity contribution >= 4 is 67.9 Å². The molecule has 3 rings (SSSR count). The zero-order valence-electron chi connectivity index (χ0n) is 15.3. The van der Waals surface area contributed by atoms with E-state index in [4.69, 9.17) is 0 Å². The number of hydrogen-bond acceptors (Lipinski definition) is 6. The lowest BCUT2D eigenvalue weighted by Crippen LogP contribution is -2.35. The Labute approximate surface area is 184 Å². The Morgan fingerprint density at radius 2 is 2.04 bits per heavy atom. The quantitative estimate of drug-likeness (QED) is 0.468. The highest BCUT2D eigenvalue weighted by Gasteiger charge is 2.16. The highest BCUT2D eigenvalue weighted by molar-refractivity contribution is 9.10. The van der Waals surface area contributed by atoms with E-state index in [1.165, 1.54) is 16.2 Å². The molecule has 0 aliphatic carbocycles. The van der Waals surface area contributed by atoms with Crippen LogP contribution >= 0.6 is 50.4 Å². The highest BCUT2D eigenvalue weighted by atomic mass is 79.9. The van der Waals surface area contributed by atoms with Crippen LogP contribution in [0.4, 0.5) is 5.69 Å². The highest BCUT2D eigenvalue weighted by Crippen LogP contribution is 2.32. The van der Waals surface area contributed by atoms with Gasteiger partial charge in [0.1, 0.15) is 5.01 Å². The summed E-state index contributed by atoms with van der Waals surface area (Å²) in [5.74, 6) is -0.364. The van der Waals surface area contributed by atoms with Gasteiger partial charge in [0.15, 0.2) is 0 Å². The second kappa shape index (κ2) is 9.69. The van der Waals surface area contributed by atoms with E-state index in [2.05, 4.69) is 26.2 Å². The number of benzene rings is 1. The number of thiazole rings is 1. The van der Waals surface area contributed by atoms with Gasteiger partial charge in [-0.2, -0.15) is 0 Å². The summed E-state index contributed by atoms with van der Waals surface area (Å²) in [4.78, 5) is 32.8. The van der Waals surface area contributed by atoms with Crippen LogP contribution in [0.2, 0.25) is 0 Å². The second-order valence-electron chi connectivity index (χ2n) is 5.95. The summed E-state index contributed by atoms with van der Waals surface area (Å²) >= 11 is 8.12. The predicted molar refractivity (Wildman–Crippen MR) is 121 cm³/mol. The van der Waals surface area contributed by atoms with Crippen LogP contribution < -0.4 is 5.32 Å². The molecule has 146 valence electrons. The van der Waals surface area contributed by atoms with E-state index >= 15 is 0 Å². The van der Waals surface area contributed by atoms with E-state index in [9.17, 15) is 9.59 Å². The first-order chi connectivity index (χ1) is 13.5. The van der Waals surface area contributed by atoms with E-state index in [0.717, 1.165) is 30.6 Å². The molecule has 9 heteroatoms. The van der Waals surface area contributed by atoms with Crippen molar-refractivity contribution in [3.05, 3.63) is 51.3 Å². The monoisotopic (exact) mass is 495 g/mol. The molecule has 2 heterocycles. The summed E-state index contributed by atoms with van der Waals surface area (Å²) in [6.45, 7) is -0.00356. The number of hydrogen-bond donors (Lipinski definition) is 1. The Kier molecular flexibility index (Phi) is 7.28. The number of rotatable bonds is 7. The Morgan fingerprint density at radius 1 is 1.25 bits per heavy atom. The molecular formula is C19H18BrN3O2S3. The van der Waals surface area contributed by atoms with Gasteiger partial charge in [0.2, 0.25) is 11.8 Å². The van der Waals surface area contributed by atoms with Crippen LogP contribution in [0.3, 0.4) is 0 Å². The lowest BCUT2D eigenvalue weighted by molar-refractivity contribution is -0.132. The molecule has 2 aromatic heterocycles. The van der Waals surface area contributed by atoms with Gasteiger partial charge < -0.3 is 10.2 Å². The van der Waals surface area contributed by atoms with E-state index < -0.39 is 0 Å². The van der Waals surface area contributed by atoms with Gasteiger partial charge in [-0.3, -0.25) is 9.59 Å². The Bertz CT molecular complexity index is 986. The molecule has 0 atom stereocenters. The molecule has 0 bridgehead atoms. The number of halogens is 1. The molecule has 2 amide bonds. The lowest BCUT2D eigenvalue weighted by atomic mass is 10.3. The van der Waals surface area contributed by atoms with Gasteiger partial charge in [-0.05, 0) is 40.4 Å². The van der Waals surface area contributed by atoms with Crippen LogP contribution in [0.1, 0.15) is 5.69 Å². The number of thioether (sulfide) groups is 1. The molecule has 0 aliphatic heterocycles. The van der Waals surface area contributed by atoms with Crippen LogP contribution in [0.15, 0.2) is 50.5 Å². The zero-order valence-corrected chi connectivity index (χ0v) is 19.3. The fourth-order valence-electron chi connectivity index (χ4n) is 2.46. The van der Waals surface area contributed by atoms with Gasteiger partial charge in [0, 0.05) is 27.2 Å². The first kappa shape index (κ1) is 21.0. The van der Waals surface area contributed by atoms with E-state index in [-0.39, 0.29) is 24.8 Å². The molecule has 0 aliphatic rings. The fourth-order valence-corrected chi connectivity index (χ4v) is 5.34. The standard InChI is InChI=1S/C19H18BrN3O2S3/c1-23(9-17(24)22-14-5-3-4-6-15(14)26-2)18(25)8-13-11-28-19(21-13)16-7-12(20)10-27-16/h3-7,10-11H,8-9H2,1-2H3,(H,22,24). The van der Waals surface area contributed by atoms with Gasteiger partial charge in [0.05, 0.1) is 29.2 Å². The van der Waals surface area contributed by atoms with Crippen molar-refractivity contribution in [2.45, 2.75) is 11.3 Å². The van der Waals surface area contributed by atoms with Crippen LogP contribution in [-0.2, 0) is 16.0 Å². The van der Waals surface area contributed by atoms with Crippen LogP contribution in [0, 0.1) is 0 Å². The van der Waals surface area contributed by atoms with Crippen molar-refractivity contribution in [2.75, 3.05) is 25.2 Å². The Hall–Kier alpha value is -1.68. The van der Waals surface area contributed by atoms with Crippen molar-refractivity contribution in [2.24, 2.45) is 0 Å². The average molecular weight is 496 g/mol. The topological polar surface area (TPSA) is 62.3 Å². The summed E-state index contributed by atoms with van der Waals surface area (Å²) in [5, 5.41) is 7.66. The molecule has 0 saturated carbocycles. The third-order valence-corrected chi connectivity index (χ3v) is 7.40. The number of nitrogens with one attached hydrogen (secondary N) is 1. The Balaban J connectivity index is 1.56. The number of amides is 2. The molecule has 28 heavy (non-hydrogen) atoms. The Morgan fingerprint density at radius 3 is 2.75 bits per heavy atom. The average Bonchev–Trinajstić information content (AvgIpc) is 3.31. The molecule has 1 aromatic carbocycles. The summed E-state index contributed by atoms with van der Waals surface area (Å²) in [7, 11) is 1.63. The van der Waals surface area contributed by atoms with Crippen molar-refractivity contribution in [3.8, 4) is 9.88 Å². The van der Waals surface area contributed by atoms with Gasteiger partial charge >= 0.3 is 0 Å². The maximum absolute atomic E-state index is 12.5. The number of carbonyl (C=O) groups excluding carboxylic acids is 2. The largest absolute Gasteiger partial charge is 0.336 e. The van der Waals surface area contributed by atoms with Gasteiger partial charge in [0.25, 0.3) is 0 Å². The minimum atomic E-state index is -0.222. The fraction of sp³-hybridized carbons (Fsp3) is 0.211. The third-order valence-electron chi connectivity index (χ3n) is 3.85. The number of carbonyl (C=O) groups is 2. The van der Waals surface area contributed by atoms with Crippen molar-refractivity contribution in [1.82, 2.24) is 9.88 Å². The molecule has 1 N–H and O–H groups in total. The normalized spacial score (nSPS) is 10.7. The first-order valence-corrected chi connectivity index (χ1v) is 12.1. The number of anilines is 1. The summed E-state index contributed by atoms with van der Waals surface area (Å²) < 4.78 is 1.02. The molecule has 0 unspecified atom stereocenters. The van der Waals surface area contributed by atoms with Gasteiger partial charge in [-0.1, -0.05) is 12.1 Å². The molecule has 0 saturated heterocycles. The zero-order chi connectivity index (χ0) is 20.1. The summed E-state index contributed by atoms with van der Waals surface area (Å²) in [6, 6.07) is 9.61. The van der Waals surface area contributed by atoms with Crippen molar-refractivity contribution < 1.29 is 9.59 Å². The third kappa shape index (κ3) is 5.44. The molecule has 0 fully saturated rings.